The van der Waals surface area contributed by atoms with E-state index >= 15 is 0 Å². The third-order valence-electron chi connectivity index (χ3n) is 5.32. The van der Waals surface area contributed by atoms with Crippen molar-refractivity contribution in [3.05, 3.63) is 0 Å². The molecule has 0 aromatic carbocycles. The molecule has 4 saturated carbocycles. The summed E-state index contributed by atoms with van der Waals surface area (Å²) in [7, 11) is 0. The van der Waals surface area contributed by atoms with Crippen molar-refractivity contribution in [1.82, 2.24) is 5.32 Å². The molecule has 4 aliphatic carbocycles. The second-order valence-corrected chi connectivity index (χ2v) is 6.75. The first-order chi connectivity index (χ1) is 7.81. The number of hydrogen-bond acceptors (Lipinski definition) is 2. The van der Waals surface area contributed by atoms with Gasteiger partial charge in [0, 0.05) is 18.5 Å². The lowest BCUT2D eigenvalue weighted by atomic mass is 9.53. The maximum absolute atomic E-state index is 4.62. The summed E-state index contributed by atoms with van der Waals surface area (Å²) < 4.78 is 0. The molecule has 0 saturated heterocycles. The van der Waals surface area contributed by atoms with Crippen molar-refractivity contribution in [3.63, 3.8) is 0 Å². The van der Waals surface area contributed by atoms with Gasteiger partial charge in [-0.15, -0.1) is 17.0 Å². The van der Waals surface area contributed by atoms with E-state index in [1.807, 2.05) is 0 Å². The molecule has 96 valence electrons. The van der Waals surface area contributed by atoms with Crippen LogP contribution in [0.4, 0.5) is 0 Å². The molecule has 4 fully saturated rings. The van der Waals surface area contributed by atoms with E-state index in [9.17, 15) is 0 Å². The number of nitrogens with one attached hydrogen (secondary N) is 1. The van der Waals surface area contributed by atoms with Gasteiger partial charge < -0.3 is 5.32 Å². The summed E-state index contributed by atoms with van der Waals surface area (Å²) in [5.74, 6) is 4.46. The Kier molecular flexibility index (Phi) is 3.00. The van der Waals surface area contributed by atoms with Gasteiger partial charge in [0.1, 0.15) is 0 Å². The Bertz CT molecular complexity index is 302. The molecule has 4 bridgehead atoms. The van der Waals surface area contributed by atoms with Gasteiger partial charge in [-0.05, 0) is 62.7 Å². The van der Waals surface area contributed by atoms with E-state index in [1.165, 1.54) is 57.2 Å². The molecule has 1 heterocycles. The molecule has 1 aliphatic heterocycles. The van der Waals surface area contributed by atoms with Crippen molar-refractivity contribution in [2.24, 2.45) is 22.7 Å². The zero-order valence-corrected chi connectivity index (χ0v) is 12.2. The Morgan fingerprint density at radius 1 is 1.00 bits per heavy atom. The summed E-state index contributed by atoms with van der Waals surface area (Å²) in [6.07, 6.45) is 11.4. The summed E-state index contributed by atoms with van der Waals surface area (Å²) in [5.41, 5.74) is 0.484. The Morgan fingerprint density at radius 2 is 1.59 bits per heavy atom. The number of halogens is 1. The van der Waals surface area contributed by atoms with Crippen LogP contribution in [0.25, 0.3) is 0 Å². The lowest BCUT2D eigenvalue weighted by molar-refractivity contribution is -0.0102. The minimum Gasteiger partial charge on any atom is -0.368 e. The van der Waals surface area contributed by atoms with Crippen LogP contribution in [0.3, 0.4) is 0 Å². The average molecular weight is 299 g/mol. The van der Waals surface area contributed by atoms with E-state index in [4.69, 9.17) is 0 Å². The number of amidine groups is 1. The zero-order chi connectivity index (χ0) is 10.6. The molecule has 0 amide bonds. The van der Waals surface area contributed by atoms with Crippen LogP contribution in [0, 0.1) is 17.8 Å². The maximum atomic E-state index is 4.62. The minimum absolute atomic E-state index is 0. The van der Waals surface area contributed by atoms with Gasteiger partial charge in [0.15, 0.2) is 0 Å². The molecule has 0 aromatic rings. The van der Waals surface area contributed by atoms with Crippen molar-refractivity contribution in [2.45, 2.75) is 56.9 Å². The number of nitrogens with zero attached hydrogens (tertiary/aromatic N) is 1. The van der Waals surface area contributed by atoms with Crippen LogP contribution in [-0.2, 0) is 0 Å². The first-order valence-electron chi connectivity index (χ1n) is 7.13. The van der Waals surface area contributed by atoms with E-state index in [0.717, 1.165) is 24.3 Å². The highest BCUT2D eigenvalue weighted by atomic mass is 79.9. The van der Waals surface area contributed by atoms with Crippen molar-refractivity contribution in [2.75, 3.05) is 6.54 Å². The van der Waals surface area contributed by atoms with Gasteiger partial charge in [0.2, 0.25) is 0 Å². The zero-order valence-electron chi connectivity index (χ0n) is 10.5. The van der Waals surface area contributed by atoms with Crippen LogP contribution >= 0.6 is 17.0 Å². The monoisotopic (exact) mass is 298 g/mol. The average Bonchev–Trinajstić information content (AvgIpc) is 2.66. The molecule has 0 atom stereocenters. The highest BCUT2D eigenvalue weighted by Crippen LogP contribution is 2.55. The largest absolute Gasteiger partial charge is 0.368 e. The van der Waals surface area contributed by atoms with Gasteiger partial charge in [-0.25, -0.2) is 0 Å². The summed E-state index contributed by atoms with van der Waals surface area (Å²) >= 11 is 0. The smallest absolute Gasteiger partial charge is 0.0968 e. The Hall–Kier alpha value is -0.0500. The van der Waals surface area contributed by atoms with Crippen molar-refractivity contribution < 1.29 is 0 Å². The Labute approximate surface area is 114 Å². The molecule has 0 radical (unpaired) electrons. The molecule has 17 heavy (non-hydrogen) atoms. The quantitative estimate of drug-likeness (QED) is 0.789. The molecule has 5 rings (SSSR count). The summed E-state index contributed by atoms with van der Waals surface area (Å²) in [5, 5.41) is 3.87. The molecule has 1 N–H and O–H groups in total. The maximum Gasteiger partial charge on any atom is 0.0968 e. The fraction of sp³-hybridized carbons (Fsp3) is 0.929. The molecule has 3 heteroatoms. The van der Waals surface area contributed by atoms with E-state index < -0.39 is 0 Å². The number of hydrogen-bond donors (Lipinski definition) is 1. The molecule has 0 unspecified atom stereocenters. The SMILES string of the molecule is Br.C1CN=C(NC23CC4CC(CC(C4)C2)C3)C1. The predicted octanol–water partition coefficient (Wildman–Crippen LogP) is 3.32. The molecular formula is C14H23BrN2. The van der Waals surface area contributed by atoms with Crippen LogP contribution in [0.2, 0.25) is 0 Å². The summed E-state index contributed by atoms with van der Waals surface area (Å²) in [6.45, 7) is 1.06. The van der Waals surface area contributed by atoms with Gasteiger partial charge in [0.25, 0.3) is 0 Å². The first-order valence-corrected chi connectivity index (χ1v) is 7.13. The third kappa shape index (κ3) is 2.05. The van der Waals surface area contributed by atoms with Crippen LogP contribution in [0.5, 0.6) is 0 Å². The van der Waals surface area contributed by atoms with Gasteiger partial charge >= 0.3 is 0 Å². The lowest BCUT2D eigenvalue weighted by Gasteiger charge is -2.57. The van der Waals surface area contributed by atoms with Crippen LogP contribution in [-0.4, -0.2) is 17.9 Å². The second-order valence-electron chi connectivity index (χ2n) is 6.75. The number of rotatable bonds is 1. The molecule has 0 aromatic heterocycles. The van der Waals surface area contributed by atoms with Gasteiger partial charge in [-0.1, -0.05) is 0 Å². The van der Waals surface area contributed by atoms with E-state index in [-0.39, 0.29) is 17.0 Å². The van der Waals surface area contributed by atoms with E-state index in [1.54, 1.807) is 0 Å². The Morgan fingerprint density at radius 3 is 2.06 bits per heavy atom. The minimum atomic E-state index is 0. The van der Waals surface area contributed by atoms with Crippen molar-refractivity contribution >= 4 is 22.8 Å². The standard InChI is InChI=1S/C14H22N2.BrH/c1-2-13(15-3-1)16-14-7-10-4-11(8-14)6-12(5-10)9-14;/h10-12H,1-9H2,(H,15,16);1H. The van der Waals surface area contributed by atoms with Crippen LogP contribution in [0.15, 0.2) is 4.99 Å². The number of aliphatic imine (C=N–C) groups is 1. The fourth-order valence-corrected chi connectivity index (χ4v) is 5.21. The predicted molar refractivity (Wildman–Crippen MR) is 75.9 cm³/mol. The van der Waals surface area contributed by atoms with E-state index in [0.29, 0.717) is 5.54 Å². The van der Waals surface area contributed by atoms with E-state index in [2.05, 4.69) is 10.3 Å². The Balaban J connectivity index is 0.000000902. The summed E-state index contributed by atoms with van der Waals surface area (Å²) in [6, 6.07) is 0. The topological polar surface area (TPSA) is 24.4 Å². The van der Waals surface area contributed by atoms with Gasteiger partial charge in [-0.2, -0.15) is 0 Å². The van der Waals surface area contributed by atoms with Gasteiger partial charge in [-0.3, -0.25) is 4.99 Å². The molecule has 5 aliphatic rings. The highest BCUT2D eigenvalue weighted by molar-refractivity contribution is 8.93. The third-order valence-corrected chi connectivity index (χ3v) is 5.32. The van der Waals surface area contributed by atoms with Crippen LogP contribution < -0.4 is 5.32 Å². The molecule has 2 nitrogen and oxygen atoms in total. The van der Waals surface area contributed by atoms with Gasteiger partial charge in [0.05, 0.1) is 5.84 Å². The lowest BCUT2D eigenvalue weighted by Crippen LogP contribution is -2.59. The highest BCUT2D eigenvalue weighted by Gasteiger charge is 2.51. The first kappa shape index (κ1) is 12.0. The molecular weight excluding hydrogens is 276 g/mol. The van der Waals surface area contributed by atoms with Crippen molar-refractivity contribution in [3.8, 4) is 0 Å². The second kappa shape index (κ2) is 4.25. The summed E-state index contributed by atoms with van der Waals surface area (Å²) in [4.78, 5) is 4.62. The van der Waals surface area contributed by atoms with Crippen LogP contribution in [0.1, 0.15) is 51.4 Å². The fourth-order valence-electron chi connectivity index (χ4n) is 5.21. The normalized spacial score (nSPS) is 46.6. The molecule has 0 spiro atoms. The van der Waals surface area contributed by atoms with Crippen molar-refractivity contribution in [1.29, 1.82) is 0 Å².